The molecule has 1 N–H and O–H groups in total. The van der Waals surface area contributed by atoms with E-state index in [4.69, 9.17) is 9.47 Å². The predicted octanol–water partition coefficient (Wildman–Crippen LogP) is 2.20. The van der Waals surface area contributed by atoms with E-state index in [0.29, 0.717) is 6.61 Å². The Morgan fingerprint density at radius 2 is 2.00 bits per heavy atom. The molecule has 0 aliphatic heterocycles. The Kier molecular flexibility index (Phi) is 5.11. The highest BCUT2D eigenvalue weighted by atomic mass is 32.1. The van der Waals surface area contributed by atoms with Crippen molar-refractivity contribution in [3.05, 3.63) is 35.7 Å². The third kappa shape index (κ3) is 4.18. The Labute approximate surface area is 116 Å². The molecular weight excluding hydrogens is 262 g/mol. The first-order valence-electron chi connectivity index (χ1n) is 6.00. The van der Waals surface area contributed by atoms with Crippen LogP contribution in [0.25, 0.3) is 0 Å². The highest BCUT2D eigenvalue weighted by Gasteiger charge is 2.04. The molecule has 1 heterocycles. The van der Waals surface area contributed by atoms with Gasteiger partial charge in [0.2, 0.25) is 5.13 Å². The lowest BCUT2D eigenvalue weighted by atomic mass is 10.1. The van der Waals surface area contributed by atoms with Gasteiger partial charge in [-0.3, -0.25) is 0 Å². The lowest BCUT2D eigenvalue weighted by Crippen LogP contribution is -2.07. The molecule has 0 fully saturated rings. The minimum atomic E-state index is 0.660. The van der Waals surface area contributed by atoms with Crippen molar-refractivity contribution < 1.29 is 9.47 Å². The van der Waals surface area contributed by atoms with Gasteiger partial charge in [0.15, 0.2) is 0 Å². The van der Waals surface area contributed by atoms with Crippen LogP contribution < -0.4 is 10.1 Å². The number of nitrogens with zero attached hydrogens (tertiary/aromatic N) is 2. The Morgan fingerprint density at radius 3 is 2.68 bits per heavy atom. The zero-order chi connectivity index (χ0) is 13.5. The van der Waals surface area contributed by atoms with Gasteiger partial charge in [-0.05, 0) is 17.7 Å². The lowest BCUT2D eigenvalue weighted by molar-refractivity contribution is 0.211. The maximum atomic E-state index is 5.13. The summed E-state index contributed by atoms with van der Waals surface area (Å²) >= 11 is 1.37. The van der Waals surface area contributed by atoms with Crippen LogP contribution in [0.2, 0.25) is 0 Å². The summed E-state index contributed by atoms with van der Waals surface area (Å²) in [5, 5.41) is 4.00. The van der Waals surface area contributed by atoms with Gasteiger partial charge in [-0.15, -0.1) is 0 Å². The number of ether oxygens (including phenoxy) is 2. The number of benzene rings is 1. The number of aromatic nitrogens is 2. The molecule has 0 saturated heterocycles. The molecule has 0 saturated carbocycles. The molecule has 5 nitrogen and oxygen atoms in total. The number of hydrogen-bond acceptors (Lipinski definition) is 6. The minimum Gasteiger partial charge on any atom is -0.497 e. The molecule has 0 radical (unpaired) electrons. The number of hydrogen-bond donors (Lipinski definition) is 1. The van der Waals surface area contributed by atoms with Gasteiger partial charge in [-0.1, -0.05) is 12.1 Å². The number of nitrogens with one attached hydrogen (secondary N) is 1. The first-order valence-corrected chi connectivity index (χ1v) is 6.77. The van der Waals surface area contributed by atoms with Crippen molar-refractivity contribution in [1.29, 1.82) is 0 Å². The van der Waals surface area contributed by atoms with Crippen LogP contribution in [0.3, 0.4) is 0 Å². The van der Waals surface area contributed by atoms with Crippen molar-refractivity contribution in [3.8, 4) is 5.75 Å². The van der Waals surface area contributed by atoms with Crippen LogP contribution >= 0.6 is 11.5 Å². The van der Waals surface area contributed by atoms with Gasteiger partial charge >= 0.3 is 0 Å². The fraction of sp³-hybridized carbons (Fsp3) is 0.385. The van der Waals surface area contributed by atoms with Crippen LogP contribution in [0.5, 0.6) is 5.75 Å². The van der Waals surface area contributed by atoms with E-state index in [2.05, 4.69) is 14.7 Å². The molecule has 0 atom stereocenters. The molecule has 0 aliphatic carbocycles. The molecule has 0 bridgehead atoms. The maximum absolute atomic E-state index is 5.13. The highest BCUT2D eigenvalue weighted by Crippen LogP contribution is 2.16. The number of methoxy groups -OCH3 is 2. The van der Waals surface area contributed by atoms with E-state index in [1.807, 2.05) is 24.3 Å². The first-order chi connectivity index (χ1) is 9.31. The highest BCUT2D eigenvalue weighted by molar-refractivity contribution is 7.09. The molecular formula is C13H17N3O2S. The van der Waals surface area contributed by atoms with Crippen LogP contribution in [-0.2, 0) is 11.2 Å². The van der Waals surface area contributed by atoms with E-state index < -0.39 is 0 Å². The minimum absolute atomic E-state index is 0.660. The van der Waals surface area contributed by atoms with Gasteiger partial charge in [0.05, 0.1) is 13.7 Å². The zero-order valence-electron chi connectivity index (χ0n) is 11.0. The molecule has 0 amide bonds. The molecule has 0 aliphatic rings. The van der Waals surface area contributed by atoms with Crippen molar-refractivity contribution in [1.82, 2.24) is 9.36 Å². The summed E-state index contributed by atoms with van der Waals surface area (Å²) in [5.74, 6) is 1.69. The Hall–Kier alpha value is -1.66. The Morgan fingerprint density at radius 1 is 1.21 bits per heavy atom. The van der Waals surface area contributed by atoms with Crippen molar-refractivity contribution in [3.63, 3.8) is 0 Å². The zero-order valence-corrected chi connectivity index (χ0v) is 11.9. The van der Waals surface area contributed by atoms with Gasteiger partial charge in [0.1, 0.15) is 11.6 Å². The van der Waals surface area contributed by atoms with E-state index >= 15 is 0 Å². The van der Waals surface area contributed by atoms with Crippen LogP contribution in [0.4, 0.5) is 5.13 Å². The molecule has 2 rings (SSSR count). The molecule has 1 aromatic heterocycles. The fourth-order valence-electron chi connectivity index (χ4n) is 1.58. The molecule has 6 heteroatoms. The SMILES string of the molecule is COCCNc1nc(Cc2ccc(OC)cc2)ns1. The van der Waals surface area contributed by atoms with Crippen LogP contribution in [0.1, 0.15) is 11.4 Å². The molecule has 0 spiro atoms. The van der Waals surface area contributed by atoms with E-state index in [9.17, 15) is 0 Å². The monoisotopic (exact) mass is 279 g/mol. The van der Waals surface area contributed by atoms with Crippen molar-refractivity contribution in [2.45, 2.75) is 6.42 Å². The second-order valence-electron chi connectivity index (χ2n) is 3.96. The Balaban J connectivity index is 1.91. The van der Waals surface area contributed by atoms with Gasteiger partial charge in [0, 0.05) is 31.6 Å². The third-order valence-corrected chi connectivity index (χ3v) is 3.28. The van der Waals surface area contributed by atoms with E-state index in [1.54, 1.807) is 14.2 Å². The number of rotatable bonds is 7. The van der Waals surface area contributed by atoms with Gasteiger partial charge in [-0.2, -0.15) is 4.37 Å². The van der Waals surface area contributed by atoms with Gasteiger partial charge < -0.3 is 14.8 Å². The average molecular weight is 279 g/mol. The normalized spacial score (nSPS) is 10.4. The summed E-state index contributed by atoms with van der Waals surface area (Å²) < 4.78 is 14.4. The van der Waals surface area contributed by atoms with Crippen molar-refractivity contribution in [2.24, 2.45) is 0 Å². The summed E-state index contributed by atoms with van der Waals surface area (Å²) in [6, 6.07) is 7.94. The number of anilines is 1. The molecule has 0 unspecified atom stereocenters. The van der Waals surface area contributed by atoms with Crippen molar-refractivity contribution in [2.75, 3.05) is 32.7 Å². The van der Waals surface area contributed by atoms with Crippen molar-refractivity contribution >= 4 is 16.7 Å². The largest absolute Gasteiger partial charge is 0.497 e. The smallest absolute Gasteiger partial charge is 0.202 e. The quantitative estimate of drug-likeness (QED) is 0.787. The molecule has 102 valence electrons. The predicted molar refractivity (Wildman–Crippen MR) is 76.1 cm³/mol. The van der Waals surface area contributed by atoms with Gasteiger partial charge in [0.25, 0.3) is 0 Å². The van der Waals surface area contributed by atoms with E-state index in [1.165, 1.54) is 17.1 Å². The third-order valence-electron chi connectivity index (χ3n) is 2.57. The standard InChI is InChI=1S/C13H17N3O2S/c1-17-8-7-14-13-15-12(16-19-13)9-10-3-5-11(18-2)6-4-10/h3-6H,7-9H2,1-2H3,(H,14,15,16). The average Bonchev–Trinajstić information content (AvgIpc) is 2.88. The molecule has 2 aromatic rings. The lowest BCUT2D eigenvalue weighted by Gasteiger charge is -2.01. The van der Waals surface area contributed by atoms with Crippen LogP contribution in [0.15, 0.2) is 24.3 Å². The molecule has 19 heavy (non-hydrogen) atoms. The second-order valence-corrected chi connectivity index (χ2v) is 4.71. The summed E-state index contributed by atoms with van der Waals surface area (Å²) in [6.45, 7) is 1.40. The summed E-state index contributed by atoms with van der Waals surface area (Å²) in [5.41, 5.74) is 1.17. The van der Waals surface area contributed by atoms with Crippen LogP contribution in [-0.4, -0.2) is 36.7 Å². The van der Waals surface area contributed by atoms with E-state index in [0.717, 1.165) is 29.7 Å². The topological polar surface area (TPSA) is 56.3 Å². The van der Waals surface area contributed by atoms with Gasteiger partial charge in [-0.25, -0.2) is 4.98 Å². The van der Waals surface area contributed by atoms with Crippen LogP contribution in [0, 0.1) is 0 Å². The fourth-order valence-corrected chi connectivity index (χ4v) is 2.19. The summed E-state index contributed by atoms with van der Waals surface area (Å²) in [7, 11) is 3.34. The Bertz CT molecular complexity index is 499. The molecule has 1 aromatic carbocycles. The van der Waals surface area contributed by atoms with E-state index in [-0.39, 0.29) is 0 Å². The summed E-state index contributed by atoms with van der Waals surface area (Å²) in [4.78, 5) is 4.43. The maximum Gasteiger partial charge on any atom is 0.202 e. The summed E-state index contributed by atoms with van der Waals surface area (Å²) in [6.07, 6.45) is 0.729. The first kappa shape index (κ1) is 13.8. The second kappa shape index (κ2) is 7.06.